The highest BCUT2D eigenvalue weighted by Gasteiger charge is 2.13. The number of aromatic nitrogens is 2. The van der Waals surface area contributed by atoms with E-state index in [0.717, 1.165) is 0 Å². The van der Waals surface area contributed by atoms with Crippen molar-refractivity contribution in [1.82, 2.24) is 9.55 Å². The second-order valence-corrected chi connectivity index (χ2v) is 7.93. The van der Waals surface area contributed by atoms with Gasteiger partial charge in [-0.1, -0.05) is 86.6 Å². The summed E-state index contributed by atoms with van der Waals surface area (Å²) in [5.41, 5.74) is 6.00. The Kier molecular flexibility index (Phi) is 4.26. The minimum atomic E-state index is 1.17. The number of nitrogens with one attached hydrogen (secondary N) is 1. The molecule has 0 amide bonds. The van der Waals surface area contributed by atoms with Crippen molar-refractivity contribution in [3.8, 4) is 5.69 Å². The molecule has 2 heteroatoms. The Hall–Kier alpha value is -4.04. The molecule has 0 spiro atoms. The molecule has 0 bridgehead atoms. The summed E-state index contributed by atoms with van der Waals surface area (Å²) in [4.78, 5) is 3.66. The number of nitrogens with zero attached hydrogens (tertiary/aromatic N) is 1. The summed E-state index contributed by atoms with van der Waals surface area (Å²) in [5.74, 6) is 0. The molecule has 1 N–H and O–H groups in total. The fourth-order valence-corrected chi connectivity index (χ4v) is 5.00. The zero-order chi connectivity index (χ0) is 21.7. The van der Waals surface area contributed by atoms with Crippen molar-refractivity contribution in [1.29, 1.82) is 0 Å². The van der Waals surface area contributed by atoms with Gasteiger partial charge in [0.05, 0.1) is 11.0 Å². The van der Waals surface area contributed by atoms with Crippen LogP contribution < -0.4 is 0 Å². The van der Waals surface area contributed by atoms with E-state index in [4.69, 9.17) is 0 Å². The van der Waals surface area contributed by atoms with Crippen molar-refractivity contribution in [3.63, 3.8) is 0 Å². The molecule has 2 nitrogen and oxygen atoms in total. The maximum atomic E-state index is 3.66. The number of H-pyrrole nitrogens is 1. The van der Waals surface area contributed by atoms with Gasteiger partial charge in [0.2, 0.25) is 0 Å². The van der Waals surface area contributed by atoms with E-state index in [0.29, 0.717) is 0 Å². The van der Waals surface area contributed by atoms with Gasteiger partial charge in [0.25, 0.3) is 0 Å². The maximum Gasteiger partial charge on any atom is 0.0541 e. The molecule has 7 aromatic rings. The summed E-state index contributed by atoms with van der Waals surface area (Å²) in [6.07, 6.45) is 0. The van der Waals surface area contributed by atoms with Crippen LogP contribution in [0.2, 0.25) is 0 Å². The average Bonchev–Trinajstić information content (AvgIpc) is 3.40. The van der Waals surface area contributed by atoms with Crippen molar-refractivity contribution in [2.75, 3.05) is 0 Å². The number of hydrogen-bond donors (Lipinski definition) is 1. The Morgan fingerprint density at radius 2 is 1.16 bits per heavy atom. The third kappa shape index (κ3) is 2.59. The largest absolute Gasteiger partial charge is 0.354 e. The molecule has 0 unspecified atom stereocenters. The van der Waals surface area contributed by atoms with Gasteiger partial charge in [0.15, 0.2) is 0 Å². The first-order valence-corrected chi connectivity index (χ1v) is 11.3. The lowest BCUT2D eigenvalue weighted by Gasteiger charge is -2.08. The molecule has 0 aliphatic rings. The Morgan fingerprint density at radius 1 is 0.531 bits per heavy atom. The first kappa shape index (κ1) is 18.7. The molecule has 0 aliphatic carbocycles. The molecule has 0 aliphatic heterocycles. The fourth-order valence-electron chi connectivity index (χ4n) is 5.00. The maximum absolute atomic E-state index is 3.66. The molecule has 2 aromatic heterocycles. The second-order valence-electron chi connectivity index (χ2n) is 7.93. The minimum Gasteiger partial charge on any atom is -0.354 e. The quantitative estimate of drug-likeness (QED) is 0.279. The Labute approximate surface area is 186 Å². The summed E-state index contributed by atoms with van der Waals surface area (Å²) in [5, 5.41) is 7.72. The molecule has 0 saturated heterocycles. The molecule has 0 radical (unpaired) electrons. The summed E-state index contributed by atoms with van der Waals surface area (Å²) >= 11 is 0. The van der Waals surface area contributed by atoms with Crippen LogP contribution in [0.4, 0.5) is 0 Å². The van der Waals surface area contributed by atoms with Gasteiger partial charge in [-0.25, -0.2) is 0 Å². The molecular weight excluding hydrogens is 388 g/mol. The van der Waals surface area contributed by atoms with Crippen molar-refractivity contribution < 1.29 is 0 Å². The second kappa shape index (κ2) is 7.28. The van der Waals surface area contributed by atoms with Crippen LogP contribution in [-0.4, -0.2) is 9.55 Å². The van der Waals surface area contributed by atoms with E-state index in [1.54, 1.807) is 0 Å². The lowest BCUT2D eigenvalue weighted by molar-refractivity contribution is 1.18. The lowest BCUT2D eigenvalue weighted by Crippen LogP contribution is -1.93. The van der Waals surface area contributed by atoms with E-state index < -0.39 is 0 Å². The Balaban J connectivity index is 0.000000953. The lowest BCUT2D eigenvalue weighted by atomic mass is 10.0. The summed E-state index contributed by atoms with van der Waals surface area (Å²) in [6, 6.07) is 37.1. The number of benzene rings is 5. The van der Waals surface area contributed by atoms with Gasteiger partial charge >= 0.3 is 0 Å². The highest BCUT2D eigenvalue weighted by Crippen LogP contribution is 2.36. The monoisotopic (exact) mass is 412 g/mol. The topological polar surface area (TPSA) is 20.7 Å². The van der Waals surface area contributed by atoms with Crippen molar-refractivity contribution >= 4 is 54.4 Å². The van der Waals surface area contributed by atoms with Crippen LogP contribution in [-0.2, 0) is 0 Å². The number of rotatable bonds is 1. The molecule has 0 fully saturated rings. The van der Waals surface area contributed by atoms with Crippen molar-refractivity contribution in [3.05, 3.63) is 103 Å². The van der Waals surface area contributed by atoms with E-state index >= 15 is 0 Å². The molecular formula is C30H24N2. The molecule has 32 heavy (non-hydrogen) atoms. The van der Waals surface area contributed by atoms with Gasteiger partial charge < -0.3 is 9.55 Å². The highest BCUT2D eigenvalue weighted by atomic mass is 15.0. The third-order valence-corrected chi connectivity index (χ3v) is 6.31. The summed E-state index contributed by atoms with van der Waals surface area (Å²) < 4.78 is 2.37. The van der Waals surface area contributed by atoms with Crippen LogP contribution in [0.25, 0.3) is 60.1 Å². The standard InChI is InChI=1S/C28H18N2.C2H6/c1-2-8-20-18(7-1)13-16-24-28(20)23-15-14-19(17-25(23)29-24)30-26-11-5-3-9-21(26)22-10-4-6-12-27(22)30;1-2/h1-17,29H;1-2H3. The van der Waals surface area contributed by atoms with Gasteiger partial charge in [-0.05, 0) is 41.1 Å². The van der Waals surface area contributed by atoms with Gasteiger partial charge in [0, 0.05) is 38.3 Å². The van der Waals surface area contributed by atoms with Gasteiger partial charge in [-0.2, -0.15) is 0 Å². The highest BCUT2D eigenvalue weighted by molar-refractivity contribution is 6.20. The van der Waals surface area contributed by atoms with Crippen LogP contribution in [0, 0.1) is 0 Å². The molecule has 2 heterocycles. The first-order chi connectivity index (χ1) is 15.9. The zero-order valence-corrected chi connectivity index (χ0v) is 18.3. The van der Waals surface area contributed by atoms with Crippen molar-refractivity contribution in [2.45, 2.75) is 13.8 Å². The van der Waals surface area contributed by atoms with Crippen LogP contribution in [0.15, 0.2) is 103 Å². The van der Waals surface area contributed by atoms with Crippen molar-refractivity contribution in [2.24, 2.45) is 0 Å². The van der Waals surface area contributed by atoms with E-state index in [1.807, 2.05) is 13.8 Å². The van der Waals surface area contributed by atoms with Crippen LogP contribution in [0.5, 0.6) is 0 Å². The normalized spacial score (nSPS) is 11.4. The van der Waals surface area contributed by atoms with E-state index in [2.05, 4.69) is 113 Å². The number of fused-ring (bicyclic) bond motifs is 8. The molecule has 154 valence electrons. The predicted octanol–water partition coefficient (Wildman–Crippen LogP) is 8.60. The zero-order valence-electron chi connectivity index (χ0n) is 18.3. The predicted molar refractivity (Wildman–Crippen MR) is 139 cm³/mol. The van der Waals surface area contributed by atoms with Crippen LogP contribution in [0.3, 0.4) is 0 Å². The molecule has 5 aromatic carbocycles. The number of hydrogen-bond acceptors (Lipinski definition) is 0. The van der Waals surface area contributed by atoms with Crippen LogP contribution in [0.1, 0.15) is 13.8 Å². The summed E-state index contributed by atoms with van der Waals surface area (Å²) in [7, 11) is 0. The van der Waals surface area contributed by atoms with Crippen LogP contribution >= 0.6 is 0 Å². The number of aromatic amines is 1. The Morgan fingerprint density at radius 3 is 1.88 bits per heavy atom. The molecule has 0 atom stereocenters. The summed E-state index contributed by atoms with van der Waals surface area (Å²) in [6.45, 7) is 4.00. The van der Waals surface area contributed by atoms with Gasteiger partial charge in [-0.3, -0.25) is 0 Å². The third-order valence-electron chi connectivity index (χ3n) is 6.31. The molecule has 0 saturated carbocycles. The Bertz CT molecular complexity index is 1690. The SMILES string of the molecule is CC.c1ccc2c(c1)ccc1[nH]c3cc(-n4c5ccccc5c5ccccc54)ccc3c12. The van der Waals surface area contributed by atoms with E-state index in [9.17, 15) is 0 Å². The van der Waals surface area contributed by atoms with E-state index in [1.165, 1.54) is 60.1 Å². The van der Waals surface area contributed by atoms with Gasteiger partial charge in [0.1, 0.15) is 0 Å². The average molecular weight is 413 g/mol. The van der Waals surface area contributed by atoms with E-state index in [-0.39, 0.29) is 0 Å². The molecule has 7 rings (SSSR count). The number of para-hydroxylation sites is 2. The fraction of sp³-hybridized carbons (Fsp3) is 0.0667. The minimum absolute atomic E-state index is 1.17. The van der Waals surface area contributed by atoms with Gasteiger partial charge in [-0.15, -0.1) is 0 Å². The smallest absolute Gasteiger partial charge is 0.0541 e. The first-order valence-electron chi connectivity index (χ1n) is 11.3.